The first-order valence-corrected chi connectivity index (χ1v) is 8.98. The van der Waals surface area contributed by atoms with Crippen LogP contribution >= 0.6 is 11.8 Å². The van der Waals surface area contributed by atoms with Gasteiger partial charge in [0.05, 0.1) is 22.9 Å². The van der Waals surface area contributed by atoms with Gasteiger partial charge in [0.15, 0.2) is 0 Å². The van der Waals surface area contributed by atoms with E-state index in [0.717, 1.165) is 5.69 Å². The van der Waals surface area contributed by atoms with E-state index in [0.29, 0.717) is 21.3 Å². The van der Waals surface area contributed by atoms with Crippen molar-refractivity contribution < 1.29 is 14.6 Å². The maximum atomic E-state index is 12.3. The first-order valence-electron chi connectivity index (χ1n) is 8.16. The molecule has 26 heavy (non-hydrogen) atoms. The minimum atomic E-state index is -0.590. The third-order valence-electron chi connectivity index (χ3n) is 3.55. The molecule has 0 unspecified atom stereocenters. The Bertz CT molecular complexity index is 918. The smallest absolute Gasteiger partial charge is 0.344 e. The van der Waals surface area contributed by atoms with E-state index in [4.69, 9.17) is 4.74 Å². The summed E-state index contributed by atoms with van der Waals surface area (Å²) in [5.74, 6) is -0.723. The quantitative estimate of drug-likeness (QED) is 0.802. The van der Waals surface area contributed by atoms with Crippen molar-refractivity contribution in [2.75, 3.05) is 6.61 Å². The molecule has 0 amide bonds. The molecule has 1 aliphatic heterocycles. The first kappa shape index (κ1) is 17.9. The van der Waals surface area contributed by atoms with E-state index in [2.05, 4.69) is 9.98 Å². The van der Waals surface area contributed by atoms with Gasteiger partial charge in [-0.2, -0.15) is 0 Å². The van der Waals surface area contributed by atoms with Crippen molar-refractivity contribution >= 4 is 34.5 Å². The highest BCUT2D eigenvalue weighted by Crippen LogP contribution is 2.40. The molecule has 0 atom stereocenters. The van der Waals surface area contributed by atoms with Gasteiger partial charge in [0.25, 0.3) is 0 Å². The van der Waals surface area contributed by atoms with Crippen LogP contribution in [0.1, 0.15) is 18.3 Å². The normalized spacial score (nSPS) is 17.2. The average Bonchev–Trinajstić information content (AvgIpc) is 2.91. The van der Waals surface area contributed by atoms with Gasteiger partial charge >= 0.3 is 5.97 Å². The van der Waals surface area contributed by atoms with Crippen molar-refractivity contribution in [1.82, 2.24) is 4.98 Å². The molecule has 132 valence electrons. The van der Waals surface area contributed by atoms with Gasteiger partial charge in [-0.3, -0.25) is 4.98 Å². The van der Waals surface area contributed by atoms with Crippen LogP contribution in [0, 0.1) is 6.92 Å². The lowest BCUT2D eigenvalue weighted by molar-refractivity contribution is -0.138. The minimum Gasteiger partial charge on any atom is -0.506 e. The van der Waals surface area contributed by atoms with Gasteiger partial charge in [-0.15, -0.1) is 0 Å². The summed E-state index contributed by atoms with van der Waals surface area (Å²) in [4.78, 5) is 21.8. The van der Waals surface area contributed by atoms with Crippen LogP contribution in [-0.2, 0) is 9.53 Å². The molecule has 0 saturated heterocycles. The highest BCUT2D eigenvalue weighted by Gasteiger charge is 2.33. The number of aliphatic hydroxyl groups is 1. The molecule has 0 bridgehead atoms. The number of ether oxygens (including phenoxy) is 1. The van der Waals surface area contributed by atoms with Crippen molar-refractivity contribution in [3.8, 4) is 0 Å². The molecule has 0 saturated carbocycles. The Hall–Kier alpha value is -2.86. The van der Waals surface area contributed by atoms with Crippen molar-refractivity contribution in [3.05, 3.63) is 76.2 Å². The number of hydrogen-bond acceptors (Lipinski definition) is 6. The molecule has 5 nitrogen and oxygen atoms in total. The number of aliphatic hydroxyl groups excluding tert-OH is 1. The van der Waals surface area contributed by atoms with Crippen molar-refractivity contribution in [3.63, 3.8) is 0 Å². The van der Waals surface area contributed by atoms with E-state index < -0.39 is 5.97 Å². The van der Waals surface area contributed by atoms with E-state index in [1.165, 1.54) is 11.8 Å². The summed E-state index contributed by atoms with van der Waals surface area (Å²) in [5, 5.41) is 11.0. The molecule has 3 rings (SSSR count). The minimum absolute atomic E-state index is 0.0830. The third kappa shape index (κ3) is 4.03. The Morgan fingerprint density at radius 1 is 1.23 bits per heavy atom. The number of hydrogen-bond donors (Lipinski definition) is 1. The number of carbonyl (C=O) groups is 1. The summed E-state index contributed by atoms with van der Waals surface area (Å²) in [6, 6.07) is 14.9. The predicted molar refractivity (Wildman–Crippen MR) is 104 cm³/mol. The van der Waals surface area contributed by atoms with Gasteiger partial charge < -0.3 is 9.84 Å². The summed E-state index contributed by atoms with van der Waals surface area (Å²) >= 11 is 1.22. The Kier molecular flexibility index (Phi) is 5.53. The van der Waals surface area contributed by atoms with E-state index in [1.54, 1.807) is 13.0 Å². The molecule has 1 aromatic carbocycles. The van der Waals surface area contributed by atoms with Crippen LogP contribution in [-0.4, -0.2) is 27.7 Å². The highest BCUT2D eigenvalue weighted by molar-refractivity contribution is 8.18. The van der Waals surface area contributed by atoms with E-state index in [1.807, 2.05) is 55.5 Å². The first-order chi connectivity index (χ1) is 12.6. The van der Waals surface area contributed by atoms with Crippen LogP contribution in [0.3, 0.4) is 0 Å². The second-order valence-corrected chi connectivity index (χ2v) is 6.54. The Labute approximate surface area is 156 Å². The number of esters is 1. The number of carbonyl (C=O) groups excluding carboxylic acids is 1. The van der Waals surface area contributed by atoms with Crippen LogP contribution in [0.4, 0.5) is 5.69 Å². The number of nitrogens with zero attached hydrogens (tertiary/aromatic N) is 2. The molecule has 6 heteroatoms. The summed E-state index contributed by atoms with van der Waals surface area (Å²) in [7, 11) is 0. The number of aryl methyl sites for hydroxylation is 1. The zero-order valence-corrected chi connectivity index (χ0v) is 15.3. The average molecular weight is 366 g/mol. The van der Waals surface area contributed by atoms with Gasteiger partial charge in [0.2, 0.25) is 0 Å². The molecule has 0 radical (unpaired) electrons. The lowest BCUT2D eigenvalue weighted by Gasteiger charge is -2.03. The van der Waals surface area contributed by atoms with Crippen LogP contribution in [0.2, 0.25) is 0 Å². The Balaban J connectivity index is 2.04. The van der Waals surface area contributed by atoms with Gasteiger partial charge in [0, 0.05) is 5.69 Å². The maximum absolute atomic E-state index is 12.3. The molecule has 0 fully saturated rings. The number of thioether (sulfide) groups is 1. The fourth-order valence-electron chi connectivity index (χ4n) is 2.39. The third-order valence-corrected chi connectivity index (χ3v) is 4.57. The van der Waals surface area contributed by atoms with Gasteiger partial charge in [-0.05, 0) is 44.2 Å². The SMILES string of the molecule is CCOC(=O)C1=C(O)/C(=C\c2cccc(C)n2)SC1=Nc1ccccc1. The largest absolute Gasteiger partial charge is 0.506 e. The summed E-state index contributed by atoms with van der Waals surface area (Å²) in [6.45, 7) is 3.84. The van der Waals surface area contributed by atoms with Crippen LogP contribution < -0.4 is 0 Å². The Morgan fingerprint density at radius 3 is 2.69 bits per heavy atom. The fourth-order valence-corrected chi connectivity index (χ4v) is 3.41. The number of benzene rings is 1. The maximum Gasteiger partial charge on any atom is 0.344 e. The molecule has 2 aromatic rings. The van der Waals surface area contributed by atoms with Crippen molar-refractivity contribution in [1.29, 1.82) is 0 Å². The topological polar surface area (TPSA) is 71.8 Å². The molecule has 2 heterocycles. The molecule has 0 spiro atoms. The predicted octanol–water partition coefficient (Wildman–Crippen LogP) is 4.58. The molecule has 1 aromatic heterocycles. The molecular weight excluding hydrogens is 348 g/mol. The number of aromatic nitrogens is 1. The molecule has 1 aliphatic rings. The number of rotatable bonds is 4. The van der Waals surface area contributed by atoms with E-state index in [-0.39, 0.29) is 17.9 Å². The molecule has 0 aliphatic carbocycles. The van der Waals surface area contributed by atoms with Gasteiger partial charge in [0.1, 0.15) is 16.4 Å². The van der Waals surface area contributed by atoms with E-state index in [9.17, 15) is 9.90 Å². The number of pyridine rings is 1. The zero-order valence-electron chi connectivity index (χ0n) is 14.5. The van der Waals surface area contributed by atoms with Gasteiger partial charge in [-0.25, -0.2) is 9.79 Å². The summed E-state index contributed by atoms with van der Waals surface area (Å²) < 4.78 is 5.09. The zero-order chi connectivity index (χ0) is 18.5. The fraction of sp³-hybridized carbons (Fsp3) is 0.150. The lowest BCUT2D eigenvalue weighted by Crippen LogP contribution is -2.12. The highest BCUT2D eigenvalue weighted by atomic mass is 32.2. The number of aliphatic imine (C=N–C) groups is 1. The summed E-state index contributed by atoms with van der Waals surface area (Å²) in [5.41, 5.74) is 2.34. The molecule has 1 N–H and O–H groups in total. The number of para-hydroxylation sites is 1. The lowest BCUT2D eigenvalue weighted by atomic mass is 10.2. The Morgan fingerprint density at radius 2 is 2.00 bits per heavy atom. The van der Waals surface area contributed by atoms with Crippen LogP contribution in [0.25, 0.3) is 6.08 Å². The summed E-state index contributed by atoms with van der Waals surface area (Å²) in [6.07, 6.45) is 1.74. The van der Waals surface area contributed by atoms with Crippen molar-refractivity contribution in [2.45, 2.75) is 13.8 Å². The second kappa shape index (κ2) is 8.01. The van der Waals surface area contributed by atoms with E-state index >= 15 is 0 Å². The van der Waals surface area contributed by atoms with Crippen LogP contribution in [0.5, 0.6) is 0 Å². The van der Waals surface area contributed by atoms with Crippen molar-refractivity contribution in [2.24, 2.45) is 4.99 Å². The standard InChI is InChI=1S/C20H18N2O3S/c1-3-25-20(24)17-18(23)16(12-15-11-7-8-13(2)21-15)26-19(17)22-14-9-5-4-6-10-14/h4-12,23H,3H2,1-2H3/b16-12+,22-19?. The van der Waals surface area contributed by atoms with Crippen LogP contribution in [0.15, 0.2) is 69.8 Å². The van der Waals surface area contributed by atoms with Gasteiger partial charge in [-0.1, -0.05) is 36.0 Å². The monoisotopic (exact) mass is 366 g/mol. The second-order valence-electron chi connectivity index (χ2n) is 5.51. The molecular formula is C20H18N2O3S.